The molecule has 1 atom stereocenters. The zero-order chi connectivity index (χ0) is 17.3. The van der Waals surface area contributed by atoms with Gasteiger partial charge in [-0.25, -0.2) is 4.79 Å². The van der Waals surface area contributed by atoms with Crippen LogP contribution in [0.4, 0.5) is 5.69 Å². The first-order chi connectivity index (χ1) is 11.4. The Morgan fingerprint density at radius 1 is 1.25 bits per heavy atom. The number of carboxylic acid groups (broad SMARTS) is 1. The van der Waals surface area contributed by atoms with Gasteiger partial charge in [0.1, 0.15) is 11.9 Å². The first-order valence-corrected chi connectivity index (χ1v) is 8.28. The third-order valence-electron chi connectivity index (χ3n) is 4.45. The third kappa shape index (κ3) is 3.37. The SMILES string of the molecule is Cc1ccc2c(c1)OC(C(C)C)CN2Cc1ccc(C(=O)O)cc1. The van der Waals surface area contributed by atoms with Crippen molar-refractivity contribution in [1.29, 1.82) is 0 Å². The smallest absolute Gasteiger partial charge is 0.335 e. The van der Waals surface area contributed by atoms with Crippen LogP contribution in [-0.4, -0.2) is 23.7 Å². The highest BCUT2D eigenvalue weighted by molar-refractivity contribution is 5.87. The maximum atomic E-state index is 11.0. The van der Waals surface area contributed by atoms with E-state index in [-0.39, 0.29) is 6.10 Å². The van der Waals surface area contributed by atoms with Crippen molar-refractivity contribution < 1.29 is 14.6 Å². The summed E-state index contributed by atoms with van der Waals surface area (Å²) in [6.45, 7) is 7.98. The minimum atomic E-state index is -0.895. The molecule has 1 aliphatic rings. The van der Waals surface area contributed by atoms with E-state index in [0.717, 1.165) is 30.1 Å². The van der Waals surface area contributed by atoms with E-state index < -0.39 is 5.97 Å². The number of hydrogen-bond acceptors (Lipinski definition) is 3. The molecule has 1 unspecified atom stereocenters. The van der Waals surface area contributed by atoms with Gasteiger partial charge in [0.2, 0.25) is 0 Å². The number of rotatable bonds is 4. The van der Waals surface area contributed by atoms with Crippen LogP contribution in [0.15, 0.2) is 42.5 Å². The molecule has 1 aliphatic heterocycles. The van der Waals surface area contributed by atoms with E-state index in [1.165, 1.54) is 5.56 Å². The van der Waals surface area contributed by atoms with Crippen LogP contribution in [0, 0.1) is 12.8 Å². The molecule has 126 valence electrons. The topological polar surface area (TPSA) is 49.8 Å². The van der Waals surface area contributed by atoms with Crippen LogP contribution >= 0.6 is 0 Å². The molecule has 0 aromatic heterocycles. The molecule has 0 saturated heterocycles. The Morgan fingerprint density at radius 3 is 2.58 bits per heavy atom. The van der Waals surface area contributed by atoms with Gasteiger partial charge in [0.15, 0.2) is 0 Å². The molecule has 2 aromatic carbocycles. The summed E-state index contributed by atoms with van der Waals surface area (Å²) in [7, 11) is 0. The summed E-state index contributed by atoms with van der Waals surface area (Å²) in [6, 6.07) is 13.4. The van der Waals surface area contributed by atoms with Gasteiger partial charge in [-0.2, -0.15) is 0 Å². The van der Waals surface area contributed by atoms with Gasteiger partial charge in [-0.15, -0.1) is 0 Å². The molecule has 4 heteroatoms. The van der Waals surface area contributed by atoms with Crippen molar-refractivity contribution in [2.24, 2.45) is 5.92 Å². The van der Waals surface area contributed by atoms with Gasteiger partial charge in [0, 0.05) is 6.54 Å². The zero-order valence-electron chi connectivity index (χ0n) is 14.3. The number of benzene rings is 2. The standard InChI is InChI=1S/C20H23NO3/c1-13(2)19-12-21(17-9-4-14(3)10-18(17)24-19)11-15-5-7-16(8-6-15)20(22)23/h4-10,13,19H,11-12H2,1-3H3,(H,22,23). The fourth-order valence-electron chi connectivity index (χ4n) is 2.96. The first kappa shape index (κ1) is 16.4. The molecule has 1 heterocycles. The van der Waals surface area contributed by atoms with Crippen LogP contribution < -0.4 is 9.64 Å². The number of aryl methyl sites for hydroxylation is 1. The van der Waals surface area contributed by atoms with E-state index in [1.54, 1.807) is 12.1 Å². The van der Waals surface area contributed by atoms with Crippen molar-refractivity contribution in [3.05, 3.63) is 59.2 Å². The summed E-state index contributed by atoms with van der Waals surface area (Å²) < 4.78 is 6.17. The number of carboxylic acids is 1. The number of ether oxygens (including phenoxy) is 1. The Morgan fingerprint density at radius 2 is 1.96 bits per heavy atom. The van der Waals surface area contributed by atoms with E-state index in [4.69, 9.17) is 9.84 Å². The molecular weight excluding hydrogens is 302 g/mol. The summed E-state index contributed by atoms with van der Waals surface area (Å²) in [5.41, 5.74) is 3.69. The van der Waals surface area contributed by atoms with Gasteiger partial charge in [0.05, 0.1) is 17.8 Å². The summed E-state index contributed by atoms with van der Waals surface area (Å²) in [5.74, 6) is 0.464. The molecule has 0 radical (unpaired) electrons. The second-order valence-electron chi connectivity index (χ2n) is 6.75. The second-order valence-corrected chi connectivity index (χ2v) is 6.75. The molecule has 24 heavy (non-hydrogen) atoms. The number of nitrogens with zero attached hydrogens (tertiary/aromatic N) is 1. The Bertz CT molecular complexity index is 737. The molecule has 3 rings (SSSR count). The number of hydrogen-bond donors (Lipinski definition) is 1. The second kappa shape index (κ2) is 6.56. The largest absolute Gasteiger partial charge is 0.486 e. The summed E-state index contributed by atoms with van der Waals surface area (Å²) >= 11 is 0. The molecule has 0 bridgehead atoms. The number of fused-ring (bicyclic) bond motifs is 1. The van der Waals surface area contributed by atoms with Crippen molar-refractivity contribution in [2.45, 2.75) is 33.4 Å². The average Bonchev–Trinajstić information content (AvgIpc) is 2.54. The maximum absolute atomic E-state index is 11.0. The number of carbonyl (C=O) groups is 1. The van der Waals surface area contributed by atoms with E-state index in [1.807, 2.05) is 12.1 Å². The van der Waals surface area contributed by atoms with E-state index in [0.29, 0.717) is 11.5 Å². The van der Waals surface area contributed by atoms with Crippen molar-refractivity contribution >= 4 is 11.7 Å². The lowest BCUT2D eigenvalue weighted by molar-refractivity contribution is 0.0697. The summed E-state index contributed by atoms with van der Waals surface area (Å²) in [6.07, 6.45) is 0.151. The Balaban J connectivity index is 1.87. The van der Waals surface area contributed by atoms with Crippen LogP contribution in [-0.2, 0) is 6.54 Å². The van der Waals surface area contributed by atoms with Gasteiger partial charge >= 0.3 is 5.97 Å². The van der Waals surface area contributed by atoms with E-state index in [2.05, 4.69) is 43.9 Å². The van der Waals surface area contributed by atoms with Gasteiger partial charge in [0.25, 0.3) is 0 Å². The fourth-order valence-corrected chi connectivity index (χ4v) is 2.96. The molecule has 2 aromatic rings. The molecule has 0 amide bonds. The molecule has 0 spiro atoms. The molecule has 0 saturated carbocycles. The highest BCUT2D eigenvalue weighted by Gasteiger charge is 2.27. The van der Waals surface area contributed by atoms with Crippen LogP contribution in [0.1, 0.15) is 35.3 Å². The van der Waals surface area contributed by atoms with Gasteiger partial charge in [-0.1, -0.05) is 32.0 Å². The van der Waals surface area contributed by atoms with Crippen LogP contribution in [0.25, 0.3) is 0 Å². The Kier molecular flexibility index (Phi) is 4.47. The molecule has 4 nitrogen and oxygen atoms in total. The molecule has 1 N–H and O–H groups in total. The van der Waals surface area contributed by atoms with Gasteiger partial charge < -0.3 is 14.7 Å². The normalized spacial score (nSPS) is 16.7. The minimum Gasteiger partial charge on any atom is -0.486 e. The molecule has 0 fully saturated rings. The number of aromatic carboxylic acids is 1. The highest BCUT2D eigenvalue weighted by atomic mass is 16.5. The van der Waals surface area contributed by atoms with Gasteiger partial charge in [-0.05, 0) is 48.2 Å². The fraction of sp³-hybridized carbons (Fsp3) is 0.350. The first-order valence-electron chi connectivity index (χ1n) is 8.28. The molecular formula is C20H23NO3. The van der Waals surface area contributed by atoms with Gasteiger partial charge in [-0.3, -0.25) is 0 Å². The predicted molar refractivity (Wildman–Crippen MR) is 94.9 cm³/mol. The highest BCUT2D eigenvalue weighted by Crippen LogP contribution is 2.36. The van der Waals surface area contributed by atoms with Crippen molar-refractivity contribution in [1.82, 2.24) is 0 Å². The van der Waals surface area contributed by atoms with E-state index >= 15 is 0 Å². The Labute approximate surface area is 142 Å². The lowest BCUT2D eigenvalue weighted by atomic mass is 10.0. The molecule has 0 aliphatic carbocycles. The van der Waals surface area contributed by atoms with Crippen LogP contribution in [0.3, 0.4) is 0 Å². The van der Waals surface area contributed by atoms with Crippen molar-refractivity contribution in [3.63, 3.8) is 0 Å². The number of anilines is 1. The lowest BCUT2D eigenvalue weighted by Gasteiger charge is -2.38. The van der Waals surface area contributed by atoms with Crippen molar-refractivity contribution in [2.75, 3.05) is 11.4 Å². The lowest BCUT2D eigenvalue weighted by Crippen LogP contribution is -2.42. The van der Waals surface area contributed by atoms with Crippen LogP contribution in [0.5, 0.6) is 5.75 Å². The minimum absolute atomic E-state index is 0.151. The van der Waals surface area contributed by atoms with Crippen molar-refractivity contribution in [3.8, 4) is 5.75 Å². The maximum Gasteiger partial charge on any atom is 0.335 e. The average molecular weight is 325 g/mol. The quantitative estimate of drug-likeness (QED) is 0.919. The monoisotopic (exact) mass is 325 g/mol. The predicted octanol–water partition coefficient (Wildman–Crippen LogP) is 4.12. The summed E-state index contributed by atoms with van der Waals surface area (Å²) in [4.78, 5) is 13.3. The van der Waals surface area contributed by atoms with Crippen LogP contribution in [0.2, 0.25) is 0 Å². The van der Waals surface area contributed by atoms with E-state index in [9.17, 15) is 4.79 Å². The zero-order valence-corrected chi connectivity index (χ0v) is 14.3. The summed E-state index contributed by atoms with van der Waals surface area (Å²) in [5, 5.41) is 9.02. The third-order valence-corrected chi connectivity index (χ3v) is 4.45. The Hall–Kier alpha value is -2.49.